The molecule has 0 unspecified atom stereocenters. The van der Waals surface area contributed by atoms with Crippen LogP contribution in [0.25, 0.3) is 10.1 Å². The highest BCUT2D eigenvalue weighted by atomic mass is 32.1. The molecule has 0 N–H and O–H groups in total. The van der Waals surface area contributed by atoms with Crippen molar-refractivity contribution in [2.24, 2.45) is 0 Å². The molecule has 3 heterocycles. The van der Waals surface area contributed by atoms with E-state index in [0.29, 0.717) is 31.7 Å². The fraction of sp³-hybridized carbons (Fsp3) is 0.375. The standard InChI is InChI=1S/C24H25FN2O3S/c25-17-5-6-23-18(15-17)19(16-31-23)21(28)7-8-26-9-11-27(12-10-26)20-3-1-4-22-24(20)30-14-2-13-29-22/h1,3-6,15-16H,2,7-14H2. The summed E-state index contributed by atoms with van der Waals surface area (Å²) < 4.78 is 26.3. The molecule has 5 rings (SSSR count). The lowest BCUT2D eigenvalue weighted by Crippen LogP contribution is -2.47. The summed E-state index contributed by atoms with van der Waals surface area (Å²) in [5.41, 5.74) is 1.73. The lowest BCUT2D eigenvalue weighted by molar-refractivity contribution is 0.0964. The van der Waals surface area contributed by atoms with E-state index in [1.807, 2.05) is 17.5 Å². The van der Waals surface area contributed by atoms with Gasteiger partial charge in [-0.25, -0.2) is 4.39 Å². The average molecular weight is 441 g/mol. The fourth-order valence-corrected chi connectivity index (χ4v) is 5.20. The molecule has 0 spiro atoms. The van der Waals surface area contributed by atoms with Crippen LogP contribution in [0.15, 0.2) is 41.8 Å². The number of benzene rings is 2. The summed E-state index contributed by atoms with van der Waals surface area (Å²) in [6, 6.07) is 10.7. The van der Waals surface area contributed by atoms with Crippen molar-refractivity contribution in [1.82, 2.24) is 4.90 Å². The minimum atomic E-state index is -0.302. The second-order valence-electron chi connectivity index (χ2n) is 7.95. The Labute approximate surface area is 185 Å². The van der Waals surface area contributed by atoms with Gasteiger partial charge in [0.2, 0.25) is 0 Å². The van der Waals surface area contributed by atoms with E-state index in [9.17, 15) is 9.18 Å². The Morgan fingerprint density at radius 3 is 2.77 bits per heavy atom. The molecular formula is C24H25FN2O3S. The third-order valence-corrected chi connectivity index (χ3v) is 6.92. The second kappa shape index (κ2) is 8.85. The number of hydrogen-bond acceptors (Lipinski definition) is 6. The van der Waals surface area contributed by atoms with E-state index >= 15 is 0 Å². The van der Waals surface area contributed by atoms with Gasteiger partial charge in [-0.3, -0.25) is 9.69 Å². The number of nitrogens with zero attached hydrogens (tertiary/aromatic N) is 2. The van der Waals surface area contributed by atoms with E-state index in [-0.39, 0.29) is 11.6 Å². The number of ketones is 1. The smallest absolute Gasteiger partial charge is 0.184 e. The van der Waals surface area contributed by atoms with Crippen LogP contribution in [0, 0.1) is 5.82 Å². The number of carbonyl (C=O) groups excluding carboxylic acids is 1. The number of para-hydroxylation sites is 1. The van der Waals surface area contributed by atoms with Crippen LogP contribution < -0.4 is 14.4 Å². The Balaban J connectivity index is 1.19. The van der Waals surface area contributed by atoms with E-state index in [1.54, 1.807) is 6.07 Å². The van der Waals surface area contributed by atoms with Crippen molar-refractivity contribution in [3.8, 4) is 11.5 Å². The van der Waals surface area contributed by atoms with E-state index in [0.717, 1.165) is 59.9 Å². The van der Waals surface area contributed by atoms with E-state index in [1.165, 1.54) is 23.5 Å². The van der Waals surface area contributed by atoms with Crippen molar-refractivity contribution in [2.75, 3.05) is 50.8 Å². The molecule has 2 aliphatic rings. The SMILES string of the molecule is O=C(CCN1CCN(c2cccc3c2OCCCO3)CC1)c1csc2ccc(F)cc12. The van der Waals surface area contributed by atoms with Gasteiger partial charge in [-0.05, 0) is 30.3 Å². The molecule has 0 atom stereocenters. The minimum Gasteiger partial charge on any atom is -0.489 e. The highest BCUT2D eigenvalue weighted by Crippen LogP contribution is 2.39. The van der Waals surface area contributed by atoms with Crippen LogP contribution in [-0.4, -0.2) is 56.6 Å². The Morgan fingerprint density at radius 1 is 1.06 bits per heavy atom. The Morgan fingerprint density at radius 2 is 1.90 bits per heavy atom. The van der Waals surface area contributed by atoms with E-state index in [4.69, 9.17) is 9.47 Å². The first-order valence-electron chi connectivity index (χ1n) is 10.7. The fourth-order valence-electron chi connectivity index (χ4n) is 4.25. The quantitative estimate of drug-likeness (QED) is 0.543. The highest BCUT2D eigenvalue weighted by Gasteiger charge is 2.23. The van der Waals surface area contributed by atoms with Gasteiger partial charge in [0, 0.05) is 66.6 Å². The van der Waals surface area contributed by atoms with Gasteiger partial charge in [-0.1, -0.05) is 6.07 Å². The molecule has 3 aromatic rings. The molecule has 162 valence electrons. The second-order valence-corrected chi connectivity index (χ2v) is 8.86. The van der Waals surface area contributed by atoms with Crippen molar-refractivity contribution < 1.29 is 18.7 Å². The zero-order valence-electron chi connectivity index (χ0n) is 17.3. The lowest BCUT2D eigenvalue weighted by atomic mass is 10.1. The predicted molar refractivity (Wildman–Crippen MR) is 121 cm³/mol. The van der Waals surface area contributed by atoms with Crippen LogP contribution in [0.4, 0.5) is 10.1 Å². The summed E-state index contributed by atoms with van der Waals surface area (Å²) in [6.07, 6.45) is 1.34. The van der Waals surface area contributed by atoms with Crippen molar-refractivity contribution >= 4 is 32.9 Å². The van der Waals surface area contributed by atoms with E-state index < -0.39 is 0 Å². The molecule has 1 aromatic heterocycles. The van der Waals surface area contributed by atoms with Gasteiger partial charge in [0.05, 0.1) is 18.9 Å². The van der Waals surface area contributed by atoms with Crippen LogP contribution in [-0.2, 0) is 0 Å². The summed E-state index contributed by atoms with van der Waals surface area (Å²) >= 11 is 1.49. The average Bonchev–Trinajstić information content (AvgIpc) is 3.05. The van der Waals surface area contributed by atoms with Gasteiger partial charge in [0.1, 0.15) is 5.82 Å². The molecule has 0 aliphatic carbocycles. The van der Waals surface area contributed by atoms with Crippen LogP contribution >= 0.6 is 11.3 Å². The third-order valence-electron chi connectivity index (χ3n) is 5.95. The third kappa shape index (κ3) is 4.25. The van der Waals surface area contributed by atoms with Crippen molar-refractivity contribution in [3.63, 3.8) is 0 Å². The maximum atomic E-state index is 13.6. The number of ether oxygens (including phenoxy) is 2. The molecule has 0 amide bonds. The molecule has 2 aromatic carbocycles. The summed E-state index contributed by atoms with van der Waals surface area (Å²) in [6.45, 7) is 5.60. The van der Waals surface area contributed by atoms with Crippen molar-refractivity contribution in [1.29, 1.82) is 0 Å². The van der Waals surface area contributed by atoms with Crippen molar-refractivity contribution in [3.05, 3.63) is 53.2 Å². The van der Waals surface area contributed by atoms with Crippen molar-refractivity contribution in [2.45, 2.75) is 12.8 Å². The molecule has 7 heteroatoms. The number of hydrogen-bond donors (Lipinski definition) is 0. The largest absolute Gasteiger partial charge is 0.489 e. The summed E-state index contributed by atoms with van der Waals surface area (Å²) in [5, 5.41) is 2.58. The number of thiophene rings is 1. The van der Waals surface area contributed by atoms with E-state index in [2.05, 4.69) is 15.9 Å². The summed E-state index contributed by atoms with van der Waals surface area (Å²) in [7, 11) is 0. The predicted octanol–water partition coefficient (Wildman–Crippen LogP) is 4.60. The first kappa shape index (κ1) is 20.3. The molecule has 31 heavy (non-hydrogen) atoms. The molecule has 0 bridgehead atoms. The number of anilines is 1. The summed E-state index contributed by atoms with van der Waals surface area (Å²) in [4.78, 5) is 17.4. The molecular weight excluding hydrogens is 415 g/mol. The number of halogens is 1. The van der Waals surface area contributed by atoms with Gasteiger partial charge in [-0.2, -0.15) is 0 Å². The molecule has 1 saturated heterocycles. The van der Waals surface area contributed by atoms with Gasteiger partial charge in [0.25, 0.3) is 0 Å². The van der Waals surface area contributed by atoms with Crippen LogP contribution in [0.5, 0.6) is 11.5 Å². The maximum Gasteiger partial charge on any atom is 0.184 e. The molecule has 1 fully saturated rings. The van der Waals surface area contributed by atoms with Crippen LogP contribution in [0.2, 0.25) is 0 Å². The van der Waals surface area contributed by atoms with Gasteiger partial charge >= 0.3 is 0 Å². The monoisotopic (exact) mass is 440 g/mol. The summed E-state index contributed by atoms with van der Waals surface area (Å²) in [5.74, 6) is 1.45. The van der Waals surface area contributed by atoms with Gasteiger partial charge < -0.3 is 14.4 Å². The van der Waals surface area contributed by atoms with Gasteiger partial charge in [0.15, 0.2) is 17.3 Å². The normalized spacial score (nSPS) is 17.0. The number of rotatable bonds is 5. The molecule has 5 nitrogen and oxygen atoms in total. The molecule has 0 saturated carbocycles. The minimum absolute atomic E-state index is 0.0817. The molecule has 0 radical (unpaired) electrons. The Bertz CT molecular complexity index is 1090. The zero-order chi connectivity index (χ0) is 21.2. The number of carbonyl (C=O) groups is 1. The zero-order valence-corrected chi connectivity index (χ0v) is 18.1. The van der Waals surface area contributed by atoms with Crippen LogP contribution in [0.1, 0.15) is 23.2 Å². The topological polar surface area (TPSA) is 42.0 Å². The van der Waals surface area contributed by atoms with Crippen LogP contribution in [0.3, 0.4) is 0 Å². The first-order valence-corrected chi connectivity index (χ1v) is 11.6. The molecule has 2 aliphatic heterocycles. The first-order chi connectivity index (χ1) is 15.2. The van der Waals surface area contributed by atoms with Gasteiger partial charge in [-0.15, -0.1) is 11.3 Å². The highest BCUT2D eigenvalue weighted by molar-refractivity contribution is 7.17. The number of piperazine rings is 1. The number of fused-ring (bicyclic) bond motifs is 2. The number of Topliss-reactive ketones (excluding diaryl/α,β-unsaturated/α-hetero) is 1. The maximum absolute atomic E-state index is 13.6. The Kier molecular flexibility index (Phi) is 5.78. The lowest BCUT2D eigenvalue weighted by Gasteiger charge is -2.36. The Hall–Kier alpha value is -2.64.